The summed E-state index contributed by atoms with van der Waals surface area (Å²) < 4.78 is 52.7. The number of hydrogen-bond acceptors (Lipinski definition) is 8. The normalized spacial score (nSPS) is 25.4. The SMILES string of the molecule is C#Cc1c(F)ccc2cc(O)cc(-c3ncc4c(N5CCC[C@@H]6CN(C(C)=O)C[C@@H]65)nc(OC[C@@]56CCCN5C[C@H](F)C6)nc4c3F)c12. The lowest BCUT2D eigenvalue weighted by atomic mass is 9.92. The molecule has 0 radical (unpaired) electrons. The van der Waals surface area contributed by atoms with Crippen molar-refractivity contribution >= 4 is 33.4 Å². The number of nitrogens with zero attached hydrogens (tertiary/aromatic N) is 6. The first-order valence-electron chi connectivity index (χ1n) is 16.5. The highest BCUT2D eigenvalue weighted by Gasteiger charge is 2.49. The number of carbonyl (C=O) groups excluding carboxylic acids is 1. The van der Waals surface area contributed by atoms with Gasteiger partial charge >= 0.3 is 6.01 Å². The molecule has 0 saturated carbocycles. The third-order valence-electron chi connectivity index (χ3n) is 10.8. The van der Waals surface area contributed by atoms with Crippen LogP contribution in [-0.4, -0.2) is 92.8 Å². The molecule has 0 unspecified atom stereocenters. The number of aromatic nitrogens is 3. The Balaban J connectivity index is 1.28. The van der Waals surface area contributed by atoms with Crippen molar-refractivity contribution in [2.24, 2.45) is 5.92 Å². The fourth-order valence-electron chi connectivity index (χ4n) is 8.59. The molecule has 2 aromatic carbocycles. The number of phenols is 1. The molecule has 1 N–H and O–H groups in total. The maximum absolute atomic E-state index is 17.0. The lowest BCUT2D eigenvalue weighted by Gasteiger charge is -2.38. The van der Waals surface area contributed by atoms with Crippen LogP contribution in [0.15, 0.2) is 30.5 Å². The minimum absolute atomic E-state index is 0.00231. The number of aromatic hydroxyl groups is 1. The number of pyridine rings is 1. The van der Waals surface area contributed by atoms with E-state index in [4.69, 9.17) is 16.1 Å². The van der Waals surface area contributed by atoms with Gasteiger partial charge in [0.15, 0.2) is 5.82 Å². The monoisotopic (exact) mass is 656 g/mol. The predicted molar refractivity (Wildman–Crippen MR) is 174 cm³/mol. The Morgan fingerprint density at radius 2 is 2.02 bits per heavy atom. The molecular formula is C36H35F3N6O3. The van der Waals surface area contributed by atoms with Gasteiger partial charge in [0.05, 0.1) is 22.5 Å². The van der Waals surface area contributed by atoms with Gasteiger partial charge in [-0.1, -0.05) is 12.0 Å². The fraction of sp³-hybridized carbons (Fsp3) is 0.444. The number of halogens is 3. The molecule has 4 aliphatic rings. The summed E-state index contributed by atoms with van der Waals surface area (Å²) in [6.07, 6.45) is 10.1. The Morgan fingerprint density at radius 1 is 1.17 bits per heavy atom. The van der Waals surface area contributed by atoms with Crippen molar-refractivity contribution in [1.82, 2.24) is 24.8 Å². The maximum atomic E-state index is 17.0. The molecule has 4 aromatic rings. The van der Waals surface area contributed by atoms with Crippen molar-refractivity contribution < 1.29 is 27.8 Å². The highest BCUT2D eigenvalue weighted by molar-refractivity contribution is 6.03. The van der Waals surface area contributed by atoms with Crippen molar-refractivity contribution in [2.45, 2.75) is 56.8 Å². The van der Waals surface area contributed by atoms with E-state index in [1.54, 1.807) is 6.92 Å². The summed E-state index contributed by atoms with van der Waals surface area (Å²) in [5, 5.41) is 11.6. The van der Waals surface area contributed by atoms with Gasteiger partial charge < -0.3 is 19.6 Å². The number of rotatable bonds is 5. The number of carbonyl (C=O) groups is 1. The average Bonchev–Trinajstić information content (AvgIpc) is 3.76. The van der Waals surface area contributed by atoms with Crippen molar-refractivity contribution in [1.29, 1.82) is 0 Å². The zero-order chi connectivity index (χ0) is 33.3. The van der Waals surface area contributed by atoms with Crippen LogP contribution in [0.25, 0.3) is 32.9 Å². The number of fused-ring (bicyclic) bond motifs is 4. The lowest BCUT2D eigenvalue weighted by molar-refractivity contribution is -0.127. The molecule has 0 spiro atoms. The first kappa shape index (κ1) is 30.7. The number of anilines is 1. The van der Waals surface area contributed by atoms with E-state index in [-0.39, 0.29) is 64.0 Å². The van der Waals surface area contributed by atoms with E-state index in [9.17, 15) is 18.7 Å². The summed E-state index contributed by atoms with van der Waals surface area (Å²) in [5.74, 6) is 1.40. The van der Waals surface area contributed by atoms with Crippen molar-refractivity contribution in [3.63, 3.8) is 0 Å². The Kier molecular flexibility index (Phi) is 7.36. The van der Waals surface area contributed by atoms with E-state index < -0.39 is 23.3 Å². The first-order valence-corrected chi connectivity index (χ1v) is 16.5. The number of alkyl halides is 1. The molecule has 4 saturated heterocycles. The molecule has 0 aliphatic carbocycles. The van der Waals surface area contributed by atoms with Gasteiger partial charge in [-0.2, -0.15) is 9.97 Å². The number of hydrogen-bond donors (Lipinski definition) is 1. The third-order valence-corrected chi connectivity index (χ3v) is 10.8. The minimum atomic E-state index is -0.945. The molecule has 1 amide bonds. The third kappa shape index (κ3) is 4.89. The lowest BCUT2D eigenvalue weighted by Crippen LogP contribution is -2.46. The summed E-state index contributed by atoms with van der Waals surface area (Å²) >= 11 is 0. The molecule has 4 fully saturated rings. The standard InChI is InChI=1S/C36H35F3N6O3/c1-3-25-28(38)8-7-21-12-24(47)13-26(30(21)25)32-31(39)33-27(15-40-32)34(45-11-4-6-22-16-43(20(2)46)18-29(22)45)42-35(41-33)48-19-36-9-5-10-44(36)17-23(37)14-36/h1,7-8,12-13,15,22-23,29,47H,4-6,9-11,14,16-19H2,2H3/t22-,23-,29+,36+/m1/s1. The zero-order valence-corrected chi connectivity index (χ0v) is 26.6. The molecule has 8 rings (SSSR count). The summed E-state index contributed by atoms with van der Waals surface area (Å²) in [5.41, 5.74) is -0.660. The molecule has 12 heteroatoms. The van der Waals surface area contributed by atoms with E-state index in [1.165, 1.54) is 30.5 Å². The quantitative estimate of drug-likeness (QED) is 0.293. The molecule has 0 bridgehead atoms. The van der Waals surface area contributed by atoms with Gasteiger partial charge in [0.25, 0.3) is 0 Å². The van der Waals surface area contributed by atoms with Gasteiger partial charge in [0.2, 0.25) is 5.91 Å². The van der Waals surface area contributed by atoms with Gasteiger partial charge in [-0.25, -0.2) is 13.2 Å². The second-order valence-corrected chi connectivity index (χ2v) is 13.6. The highest BCUT2D eigenvalue weighted by atomic mass is 19.1. The van der Waals surface area contributed by atoms with Crippen LogP contribution in [0, 0.1) is 29.9 Å². The molecule has 6 heterocycles. The number of terminal acetylenes is 1. The Morgan fingerprint density at radius 3 is 2.83 bits per heavy atom. The van der Waals surface area contributed by atoms with Crippen molar-refractivity contribution in [3.05, 3.63) is 47.7 Å². The fourth-order valence-corrected chi connectivity index (χ4v) is 8.59. The van der Waals surface area contributed by atoms with Crippen LogP contribution in [0.5, 0.6) is 11.8 Å². The van der Waals surface area contributed by atoms with Crippen LogP contribution in [0.3, 0.4) is 0 Å². The average molecular weight is 657 g/mol. The van der Waals surface area contributed by atoms with E-state index in [1.807, 2.05) is 4.90 Å². The molecule has 248 valence electrons. The van der Waals surface area contributed by atoms with E-state index in [2.05, 4.69) is 25.7 Å². The van der Waals surface area contributed by atoms with E-state index >= 15 is 4.39 Å². The molecule has 9 nitrogen and oxygen atoms in total. The van der Waals surface area contributed by atoms with Crippen LogP contribution < -0.4 is 9.64 Å². The van der Waals surface area contributed by atoms with Gasteiger partial charge in [0.1, 0.15) is 41.4 Å². The van der Waals surface area contributed by atoms with Gasteiger partial charge in [-0.05, 0) is 61.7 Å². The van der Waals surface area contributed by atoms with Gasteiger partial charge in [0, 0.05) is 56.7 Å². The number of benzene rings is 2. The molecule has 4 aliphatic heterocycles. The topological polar surface area (TPSA) is 94.9 Å². The summed E-state index contributed by atoms with van der Waals surface area (Å²) in [4.78, 5) is 32.3. The van der Waals surface area contributed by atoms with E-state index in [0.717, 1.165) is 32.2 Å². The van der Waals surface area contributed by atoms with Crippen molar-refractivity contribution in [2.75, 3.05) is 44.2 Å². The summed E-state index contributed by atoms with van der Waals surface area (Å²) in [6.45, 7) is 4.66. The van der Waals surface area contributed by atoms with Crippen LogP contribution in [0.1, 0.15) is 44.6 Å². The Hall–Kier alpha value is -4.63. The highest BCUT2D eigenvalue weighted by Crippen LogP contribution is 2.43. The van der Waals surface area contributed by atoms with Crippen LogP contribution in [0.4, 0.5) is 19.0 Å². The number of piperidine rings is 1. The second kappa shape index (κ2) is 11.5. The maximum Gasteiger partial charge on any atom is 0.319 e. The van der Waals surface area contributed by atoms with Crippen LogP contribution in [0.2, 0.25) is 0 Å². The minimum Gasteiger partial charge on any atom is -0.508 e. The van der Waals surface area contributed by atoms with E-state index in [0.29, 0.717) is 49.2 Å². The largest absolute Gasteiger partial charge is 0.508 e. The molecule has 4 atom stereocenters. The number of likely N-dealkylation sites (tertiary alicyclic amines) is 1. The van der Waals surface area contributed by atoms with Crippen LogP contribution in [-0.2, 0) is 4.79 Å². The van der Waals surface area contributed by atoms with Crippen LogP contribution >= 0.6 is 0 Å². The smallest absolute Gasteiger partial charge is 0.319 e. The number of ether oxygens (including phenoxy) is 1. The number of phenolic OH excluding ortho intramolecular Hbond substituents is 1. The van der Waals surface area contributed by atoms with Crippen molar-refractivity contribution in [3.8, 4) is 35.4 Å². The summed E-state index contributed by atoms with van der Waals surface area (Å²) in [7, 11) is 0. The van der Waals surface area contributed by atoms with Gasteiger partial charge in [-0.3, -0.25) is 14.7 Å². The Bertz CT molecular complexity index is 2020. The molecular weight excluding hydrogens is 621 g/mol. The molecule has 48 heavy (non-hydrogen) atoms. The summed E-state index contributed by atoms with van der Waals surface area (Å²) in [6, 6.07) is 5.33. The van der Waals surface area contributed by atoms with Gasteiger partial charge in [-0.15, -0.1) is 6.42 Å². The number of amides is 1. The molecule has 2 aromatic heterocycles. The zero-order valence-electron chi connectivity index (χ0n) is 26.6. The predicted octanol–water partition coefficient (Wildman–Crippen LogP) is 5.21. The Labute approximate surface area is 275 Å². The first-order chi connectivity index (χ1) is 23.2. The second-order valence-electron chi connectivity index (χ2n) is 13.6.